The number of hydrogen-bond acceptors (Lipinski definition) is 1. The van der Waals surface area contributed by atoms with E-state index in [4.69, 9.17) is 0 Å². The normalized spacial score (nSPS) is 27.7. The van der Waals surface area contributed by atoms with Gasteiger partial charge in [0.2, 0.25) is 0 Å². The summed E-state index contributed by atoms with van der Waals surface area (Å²) < 4.78 is 0. The first-order valence-corrected chi connectivity index (χ1v) is 6.17. The molecule has 1 aliphatic carbocycles. The van der Waals surface area contributed by atoms with Crippen LogP contribution < -0.4 is 0 Å². The van der Waals surface area contributed by atoms with Crippen molar-refractivity contribution in [3.63, 3.8) is 0 Å². The van der Waals surface area contributed by atoms with Crippen LogP contribution in [0.5, 0.6) is 0 Å². The highest BCUT2D eigenvalue weighted by Crippen LogP contribution is 2.26. The average Bonchev–Trinajstić information content (AvgIpc) is 2.49. The molecule has 1 aliphatic heterocycles. The molecule has 0 amide bonds. The lowest BCUT2D eigenvalue weighted by Crippen LogP contribution is -2.29. The zero-order valence-corrected chi connectivity index (χ0v) is 8.80. The Morgan fingerprint density at radius 2 is 1.38 bits per heavy atom. The van der Waals surface area contributed by atoms with Crippen LogP contribution in [0.4, 0.5) is 0 Å². The third kappa shape index (κ3) is 2.98. The van der Waals surface area contributed by atoms with Crippen molar-refractivity contribution in [1.29, 1.82) is 0 Å². The van der Waals surface area contributed by atoms with E-state index in [9.17, 15) is 0 Å². The summed E-state index contributed by atoms with van der Waals surface area (Å²) >= 11 is 0. The molecule has 0 N–H and O–H groups in total. The topological polar surface area (TPSA) is 3.24 Å². The average molecular weight is 181 g/mol. The molecule has 1 heteroatoms. The molecule has 76 valence electrons. The largest absolute Gasteiger partial charge is 0.303 e. The predicted molar refractivity (Wildman–Crippen MR) is 56.9 cm³/mol. The first-order chi connectivity index (χ1) is 6.45. The fraction of sp³-hybridized carbons (Fsp3) is 1.00. The zero-order valence-electron chi connectivity index (χ0n) is 8.80. The maximum Gasteiger partial charge on any atom is 0.000965 e. The molecule has 0 aromatic rings. The quantitative estimate of drug-likeness (QED) is 0.633. The van der Waals surface area contributed by atoms with Crippen LogP contribution in [0.1, 0.15) is 51.4 Å². The Bertz CT molecular complexity index is 130. The summed E-state index contributed by atoms with van der Waals surface area (Å²) in [4.78, 5) is 2.73. The van der Waals surface area contributed by atoms with Gasteiger partial charge in [0.05, 0.1) is 0 Å². The van der Waals surface area contributed by atoms with Crippen LogP contribution >= 0.6 is 0 Å². The summed E-state index contributed by atoms with van der Waals surface area (Å²) in [5.41, 5.74) is 0. The molecular formula is C12H23N. The van der Waals surface area contributed by atoms with Crippen molar-refractivity contribution >= 4 is 0 Å². The van der Waals surface area contributed by atoms with Gasteiger partial charge < -0.3 is 4.90 Å². The summed E-state index contributed by atoms with van der Waals surface area (Å²) in [6.45, 7) is 4.19. The minimum atomic E-state index is 1.05. The van der Waals surface area contributed by atoms with Gasteiger partial charge in [-0.1, -0.05) is 25.7 Å². The van der Waals surface area contributed by atoms with E-state index in [1.165, 1.54) is 71.0 Å². The third-order valence-electron chi connectivity index (χ3n) is 3.69. The lowest BCUT2D eigenvalue weighted by Gasteiger charge is -2.23. The van der Waals surface area contributed by atoms with E-state index < -0.39 is 0 Å². The Morgan fingerprint density at radius 1 is 0.769 bits per heavy atom. The molecule has 0 spiro atoms. The second-order valence-corrected chi connectivity index (χ2v) is 4.87. The molecule has 2 rings (SSSR count). The van der Waals surface area contributed by atoms with Gasteiger partial charge in [0.25, 0.3) is 0 Å². The molecule has 0 aromatic carbocycles. The molecule has 0 atom stereocenters. The number of rotatable bonds is 2. The highest BCUT2D eigenvalue weighted by atomic mass is 15.1. The second-order valence-electron chi connectivity index (χ2n) is 4.87. The summed E-state index contributed by atoms with van der Waals surface area (Å²) in [7, 11) is 0. The molecule has 13 heavy (non-hydrogen) atoms. The predicted octanol–water partition coefficient (Wildman–Crippen LogP) is 3.05. The minimum Gasteiger partial charge on any atom is -0.303 e. The van der Waals surface area contributed by atoms with Gasteiger partial charge in [0, 0.05) is 6.54 Å². The van der Waals surface area contributed by atoms with Crippen molar-refractivity contribution in [3.8, 4) is 0 Å². The molecule has 1 saturated heterocycles. The number of likely N-dealkylation sites (tertiary alicyclic amines) is 1. The van der Waals surface area contributed by atoms with Crippen LogP contribution in [0.15, 0.2) is 0 Å². The second kappa shape index (κ2) is 4.99. The van der Waals surface area contributed by atoms with Crippen molar-refractivity contribution < 1.29 is 0 Å². The fourth-order valence-corrected chi connectivity index (χ4v) is 2.88. The number of nitrogens with zero attached hydrogens (tertiary/aromatic N) is 1. The molecule has 2 fully saturated rings. The lowest BCUT2D eigenvalue weighted by atomic mass is 10.1. The first kappa shape index (κ1) is 9.51. The summed E-state index contributed by atoms with van der Waals surface area (Å²) in [6.07, 6.45) is 11.9. The van der Waals surface area contributed by atoms with Crippen molar-refractivity contribution in [3.05, 3.63) is 0 Å². The van der Waals surface area contributed by atoms with Crippen LogP contribution in [0, 0.1) is 5.92 Å². The molecule has 0 unspecified atom stereocenters. The Morgan fingerprint density at radius 3 is 2.00 bits per heavy atom. The van der Waals surface area contributed by atoms with Crippen LogP contribution in [0.2, 0.25) is 0 Å². The van der Waals surface area contributed by atoms with Gasteiger partial charge in [-0.3, -0.25) is 0 Å². The van der Waals surface area contributed by atoms with E-state index in [1.54, 1.807) is 0 Å². The molecular weight excluding hydrogens is 158 g/mol. The first-order valence-electron chi connectivity index (χ1n) is 6.17. The van der Waals surface area contributed by atoms with Gasteiger partial charge in [0.1, 0.15) is 0 Å². The van der Waals surface area contributed by atoms with Gasteiger partial charge in [-0.25, -0.2) is 0 Å². The maximum absolute atomic E-state index is 2.73. The minimum absolute atomic E-state index is 1.05. The highest BCUT2D eigenvalue weighted by Gasteiger charge is 2.18. The van der Waals surface area contributed by atoms with E-state index in [0.29, 0.717) is 0 Å². The Hall–Kier alpha value is -0.0400. The van der Waals surface area contributed by atoms with Gasteiger partial charge in [-0.05, 0) is 44.7 Å². The highest BCUT2D eigenvalue weighted by molar-refractivity contribution is 4.73. The number of hydrogen-bond donors (Lipinski definition) is 0. The molecule has 1 saturated carbocycles. The van der Waals surface area contributed by atoms with Gasteiger partial charge in [-0.2, -0.15) is 0 Å². The van der Waals surface area contributed by atoms with E-state index >= 15 is 0 Å². The van der Waals surface area contributed by atoms with Crippen LogP contribution in [-0.2, 0) is 0 Å². The van der Waals surface area contributed by atoms with Gasteiger partial charge in [-0.15, -0.1) is 0 Å². The lowest BCUT2D eigenvalue weighted by molar-refractivity contribution is 0.240. The van der Waals surface area contributed by atoms with E-state index in [-0.39, 0.29) is 0 Å². The fourth-order valence-electron chi connectivity index (χ4n) is 2.88. The van der Waals surface area contributed by atoms with Crippen molar-refractivity contribution in [1.82, 2.24) is 4.90 Å². The molecule has 0 aromatic heterocycles. The summed E-state index contributed by atoms with van der Waals surface area (Å²) in [5, 5.41) is 0. The third-order valence-corrected chi connectivity index (χ3v) is 3.69. The smallest absolute Gasteiger partial charge is 0.000965 e. The monoisotopic (exact) mass is 181 g/mol. The van der Waals surface area contributed by atoms with Crippen molar-refractivity contribution in [2.45, 2.75) is 51.4 Å². The molecule has 0 bridgehead atoms. The van der Waals surface area contributed by atoms with Crippen LogP contribution in [-0.4, -0.2) is 24.5 Å². The Labute approximate surface area is 82.5 Å². The summed E-state index contributed by atoms with van der Waals surface area (Å²) in [5.74, 6) is 1.05. The molecule has 2 aliphatic rings. The summed E-state index contributed by atoms with van der Waals surface area (Å²) in [6, 6.07) is 0. The molecule has 1 heterocycles. The maximum atomic E-state index is 2.73. The van der Waals surface area contributed by atoms with Crippen LogP contribution in [0.25, 0.3) is 0 Å². The SMILES string of the molecule is C1CCCN(CC2CCCC2)CC1. The Kier molecular flexibility index (Phi) is 3.65. The van der Waals surface area contributed by atoms with Gasteiger partial charge >= 0.3 is 0 Å². The van der Waals surface area contributed by atoms with E-state index in [1.807, 2.05) is 0 Å². The standard InChI is InChI=1S/C12H23N/c1-2-6-10-13(9-5-1)11-12-7-3-4-8-12/h12H,1-11H2. The van der Waals surface area contributed by atoms with Crippen molar-refractivity contribution in [2.75, 3.05) is 19.6 Å². The van der Waals surface area contributed by atoms with Crippen molar-refractivity contribution in [2.24, 2.45) is 5.92 Å². The van der Waals surface area contributed by atoms with E-state index in [0.717, 1.165) is 5.92 Å². The Balaban J connectivity index is 1.71. The molecule has 0 radical (unpaired) electrons. The zero-order chi connectivity index (χ0) is 8.93. The van der Waals surface area contributed by atoms with Crippen LogP contribution in [0.3, 0.4) is 0 Å². The van der Waals surface area contributed by atoms with E-state index in [2.05, 4.69) is 4.90 Å². The molecule has 1 nitrogen and oxygen atoms in total. The van der Waals surface area contributed by atoms with Gasteiger partial charge in [0.15, 0.2) is 0 Å².